The number of ether oxygens (including phenoxy) is 1. The van der Waals surface area contributed by atoms with Crippen molar-refractivity contribution < 1.29 is 30.4 Å². The van der Waals surface area contributed by atoms with Gasteiger partial charge in [-0.2, -0.15) is 0 Å². The van der Waals surface area contributed by atoms with E-state index in [4.69, 9.17) is 24.7 Å². The molecule has 0 radical (unpaired) electrons. The van der Waals surface area contributed by atoms with E-state index in [-0.39, 0.29) is 37.3 Å². The predicted octanol–water partition coefficient (Wildman–Crippen LogP) is 13.9. The van der Waals surface area contributed by atoms with Crippen LogP contribution in [0.1, 0.15) is 79.0 Å². The van der Waals surface area contributed by atoms with Crippen molar-refractivity contribution in [2.45, 2.75) is 78.6 Å². The Balaban J connectivity index is 0.00000562. The molecule has 0 aliphatic carbocycles. The first-order valence-electron chi connectivity index (χ1n) is 22.5. The molecule has 1 aliphatic heterocycles. The minimum Gasteiger partial charge on any atom is -0.508 e. The number of pyridine rings is 1. The Morgan fingerprint density at radius 2 is 1.13 bits per heavy atom. The maximum absolute atomic E-state index is 7.19. The quantitative estimate of drug-likeness (QED) is 0.117. The molecule has 0 unspecified atom stereocenters. The summed E-state index contributed by atoms with van der Waals surface area (Å²) in [7, 11) is 2.01. The number of para-hydroxylation sites is 3. The van der Waals surface area contributed by atoms with Crippen LogP contribution in [-0.2, 0) is 37.3 Å². The SMILES string of the molecule is C[N+]1=C=[N+](c2[c-]c(Oc3[c-]c4c(cc3-c3nc(-c5ccc(C(C)(C)C)cc5)nc(-c5ccc(C(C)(C)C)cc5)n3)c3ccccc3n4-c3ccccn3)cc(C(C)(C)C)c2)c2ccccc21.[Pt+2]. The normalized spacial score (nSPS) is 12.7. The molecule has 9 heteroatoms. The van der Waals surface area contributed by atoms with Gasteiger partial charge in [0.25, 0.3) is 11.4 Å². The molecule has 4 heterocycles. The molecule has 10 rings (SSSR count). The van der Waals surface area contributed by atoms with Crippen LogP contribution in [0.4, 0.5) is 17.1 Å². The number of fused-ring (bicyclic) bond motifs is 4. The number of hydrogen-bond acceptors (Lipinski definition) is 5. The van der Waals surface area contributed by atoms with Gasteiger partial charge in [-0.15, -0.1) is 29.1 Å². The molecule has 0 saturated carbocycles. The minimum atomic E-state index is -0.224. The van der Waals surface area contributed by atoms with Crippen LogP contribution >= 0.6 is 0 Å². The largest absolute Gasteiger partial charge is 2.00 e. The number of aromatic nitrogens is 5. The minimum absolute atomic E-state index is 0. The third-order valence-corrected chi connectivity index (χ3v) is 12.3. The maximum Gasteiger partial charge on any atom is 2.00 e. The molecule has 67 heavy (non-hydrogen) atoms. The molecule has 1 aliphatic rings. The summed E-state index contributed by atoms with van der Waals surface area (Å²) in [5.74, 6) is 3.31. The molecule has 3 aromatic heterocycles. The molecule has 0 atom stereocenters. The van der Waals surface area contributed by atoms with E-state index in [9.17, 15) is 0 Å². The van der Waals surface area contributed by atoms with Crippen LogP contribution < -0.4 is 9.31 Å². The first-order valence-corrected chi connectivity index (χ1v) is 22.5. The molecule has 0 amide bonds. The van der Waals surface area contributed by atoms with Crippen molar-refractivity contribution in [3.63, 3.8) is 0 Å². The molecule has 334 valence electrons. The summed E-state index contributed by atoms with van der Waals surface area (Å²) in [5.41, 5.74) is 10.4. The second kappa shape index (κ2) is 17.1. The number of hydrogen-bond donors (Lipinski definition) is 0. The van der Waals surface area contributed by atoms with Crippen molar-refractivity contribution in [1.29, 1.82) is 0 Å². The molecule has 0 bridgehead atoms. The summed E-state index contributed by atoms with van der Waals surface area (Å²) in [6.45, 7) is 19.9. The van der Waals surface area contributed by atoms with E-state index in [0.29, 0.717) is 34.5 Å². The molecule has 8 nitrogen and oxygen atoms in total. The van der Waals surface area contributed by atoms with Gasteiger partial charge in [0.05, 0.1) is 0 Å². The van der Waals surface area contributed by atoms with Crippen LogP contribution in [0.15, 0.2) is 140 Å². The molecule has 0 fully saturated rings. The molecular formula is C58H53N7OPt+2. The average molecular weight is 1060 g/mol. The van der Waals surface area contributed by atoms with Crippen LogP contribution in [0.3, 0.4) is 0 Å². The summed E-state index contributed by atoms with van der Waals surface area (Å²) < 4.78 is 13.4. The van der Waals surface area contributed by atoms with Gasteiger partial charge in [-0.3, -0.25) is 0 Å². The van der Waals surface area contributed by atoms with Crippen molar-refractivity contribution >= 4 is 44.9 Å². The Morgan fingerprint density at radius 1 is 0.567 bits per heavy atom. The van der Waals surface area contributed by atoms with Crippen molar-refractivity contribution in [2.24, 2.45) is 0 Å². The first-order chi connectivity index (χ1) is 31.5. The van der Waals surface area contributed by atoms with E-state index >= 15 is 0 Å². The Labute approximate surface area is 407 Å². The van der Waals surface area contributed by atoms with Crippen LogP contribution in [0.5, 0.6) is 11.5 Å². The molecular weight excluding hydrogens is 1010 g/mol. The fraction of sp³-hybridized carbons (Fsp3) is 0.224. The fourth-order valence-corrected chi connectivity index (χ4v) is 8.51. The predicted molar refractivity (Wildman–Crippen MR) is 267 cm³/mol. The van der Waals surface area contributed by atoms with E-state index in [1.54, 1.807) is 0 Å². The third kappa shape index (κ3) is 8.68. The second-order valence-corrected chi connectivity index (χ2v) is 20.2. The third-order valence-electron chi connectivity index (χ3n) is 12.3. The Hall–Kier alpha value is -6.85. The Kier molecular flexibility index (Phi) is 11.6. The van der Waals surface area contributed by atoms with E-state index in [1.165, 1.54) is 11.1 Å². The van der Waals surface area contributed by atoms with E-state index in [1.807, 2.05) is 52.7 Å². The second-order valence-electron chi connectivity index (χ2n) is 20.2. The van der Waals surface area contributed by atoms with Crippen LogP contribution in [0.25, 0.3) is 61.8 Å². The van der Waals surface area contributed by atoms with Gasteiger partial charge in [0, 0.05) is 46.5 Å². The van der Waals surface area contributed by atoms with Gasteiger partial charge < -0.3 is 9.30 Å². The monoisotopic (exact) mass is 1060 g/mol. The summed E-state index contributed by atoms with van der Waals surface area (Å²) in [6, 6.07) is 57.0. The van der Waals surface area contributed by atoms with Crippen molar-refractivity contribution in [1.82, 2.24) is 29.1 Å². The summed E-state index contributed by atoms with van der Waals surface area (Å²) in [6.07, 6.45) is 1.81. The zero-order chi connectivity index (χ0) is 46.1. The van der Waals surface area contributed by atoms with Gasteiger partial charge in [-0.1, -0.05) is 174 Å². The number of rotatable bonds is 7. The van der Waals surface area contributed by atoms with Gasteiger partial charge in [-0.05, 0) is 56.5 Å². The number of benzene rings is 6. The smallest absolute Gasteiger partial charge is 0.508 e. The van der Waals surface area contributed by atoms with Gasteiger partial charge in [0.1, 0.15) is 17.3 Å². The molecule has 6 aromatic carbocycles. The summed E-state index contributed by atoms with van der Waals surface area (Å²) >= 11 is 0. The van der Waals surface area contributed by atoms with E-state index < -0.39 is 0 Å². The summed E-state index contributed by atoms with van der Waals surface area (Å²) in [4.78, 5) is 20.6. The van der Waals surface area contributed by atoms with E-state index in [2.05, 4.69) is 188 Å². The zero-order valence-corrected chi connectivity index (χ0v) is 41.9. The first kappa shape index (κ1) is 45.3. The van der Waals surface area contributed by atoms with Crippen molar-refractivity contribution in [2.75, 3.05) is 7.05 Å². The number of nitrogens with zero attached hydrogens (tertiary/aromatic N) is 7. The summed E-state index contributed by atoms with van der Waals surface area (Å²) in [5, 5.41) is 2.00. The van der Waals surface area contributed by atoms with Gasteiger partial charge in [-0.25, -0.2) is 19.9 Å². The molecule has 9 aromatic rings. The van der Waals surface area contributed by atoms with Crippen LogP contribution in [0.2, 0.25) is 0 Å². The van der Waals surface area contributed by atoms with Gasteiger partial charge in [0.2, 0.25) is 0 Å². The standard InChI is InChI=1S/C58H53N7O.Pt/c1-56(2,3)39-26-22-37(23-27-39)53-60-54(38-24-28-40(29-25-38)57(4,5)6)62-55(61-53)46-34-45-44-17-11-12-18-47(44)65(52-21-15-16-30-59-52)50(45)35-51(46)66-43-32-41(58(7,8)9)31-42(33-43)64-36-63(10)48-19-13-14-20-49(48)64;/h11-32,34H,1-10H3;/q;+2. The topological polar surface area (TPSA) is 71.7 Å². The molecule has 0 saturated heterocycles. The fourth-order valence-electron chi connectivity index (χ4n) is 8.51. The van der Waals surface area contributed by atoms with Gasteiger partial charge in [0.15, 0.2) is 18.7 Å². The maximum atomic E-state index is 7.19. The van der Waals surface area contributed by atoms with Crippen LogP contribution in [-0.4, -0.2) is 42.1 Å². The van der Waals surface area contributed by atoms with E-state index in [0.717, 1.165) is 61.4 Å². The van der Waals surface area contributed by atoms with Gasteiger partial charge >= 0.3 is 27.1 Å². The average Bonchev–Trinajstić information content (AvgIpc) is 3.81. The molecule has 0 N–H and O–H groups in total. The van der Waals surface area contributed by atoms with Crippen molar-refractivity contribution in [3.8, 4) is 51.5 Å². The Bertz CT molecular complexity index is 3340. The Morgan fingerprint density at radius 3 is 1.73 bits per heavy atom. The van der Waals surface area contributed by atoms with Crippen LogP contribution in [0, 0.1) is 12.1 Å². The van der Waals surface area contributed by atoms with Crippen molar-refractivity contribution in [3.05, 3.63) is 168 Å². The zero-order valence-electron chi connectivity index (χ0n) is 39.6. The molecule has 0 spiro atoms.